The number of fused-ring (bicyclic) bond motifs is 1. The third-order valence-electron chi connectivity index (χ3n) is 7.33. The van der Waals surface area contributed by atoms with Crippen LogP contribution in [0.4, 0.5) is 0 Å². The second-order valence-corrected chi connectivity index (χ2v) is 9.34. The van der Waals surface area contributed by atoms with Crippen LogP contribution in [-0.2, 0) is 6.54 Å². The van der Waals surface area contributed by atoms with E-state index in [-0.39, 0.29) is 17.3 Å². The molecule has 0 bridgehead atoms. The summed E-state index contributed by atoms with van der Waals surface area (Å²) in [5, 5.41) is 13.1. The van der Waals surface area contributed by atoms with Gasteiger partial charge in [-0.15, -0.1) is 0 Å². The van der Waals surface area contributed by atoms with E-state index in [0.29, 0.717) is 23.4 Å². The molecule has 174 valence electrons. The zero-order chi connectivity index (χ0) is 23.3. The highest BCUT2D eigenvalue weighted by molar-refractivity contribution is 5.71. The zero-order valence-corrected chi connectivity index (χ0v) is 19.1. The van der Waals surface area contributed by atoms with Crippen molar-refractivity contribution in [3.05, 3.63) is 64.2 Å². The molecule has 2 atom stereocenters. The zero-order valence-electron chi connectivity index (χ0n) is 19.1. The Kier molecular flexibility index (Phi) is 5.48. The van der Waals surface area contributed by atoms with Crippen molar-refractivity contribution in [2.75, 3.05) is 13.1 Å². The molecule has 0 spiro atoms. The minimum absolute atomic E-state index is 0.184. The highest BCUT2D eigenvalue weighted by atomic mass is 16.4. The molecule has 1 aliphatic carbocycles. The number of nitrogens with one attached hydrogen (secondary N) is 2. The lowest BCUT2D eigenvalue weighted by molar-refractivity contribution is -0.918. The summed E-state index contributed by atoms with van der Waals surface area (Å²) in [6, 6.07) is 0.301. The third kappa shape index (κ3) is 3.53. The lowest BCUT2D eigenvalue weighted by Crippen LogP contribution is -3.17. The Hall–Kier alpha value is -3.13. The molecule has 2 unspecified atom stereocenters. The Morgan fingerprint density at radius 1 is 1.24 bits per heavy atom. The summed E-state index contributed by atoms with van der Waals surface area (Å²) in [4.78, 5) is 41.4. The summed E-state index contributed by atoms with van der Waals surface area (Å²) in [6.07, 6.45) is 9.02. The van der Waals surface area contributed by atoms with Gasteiger partial charge in [0.15, 0.2) is 0 Å². The number of nitrogens with zero attached hydrogens (tertiary/aromatic N) is 1. The van der Waals surface area contributed by atoms with Gasteiger partial charge in [0.1, 0.15) is 11.5 Å². The topological polar surface area (TPSA) is 113 Å². The van der Waals surface area contributed by atoms with E-state index >= 15 is 0 Å². The predicted octanol–water partition coefficient (Wildman–Crippen LogP) is -1.11. The third-order valence-corrected chi connectivity index (χ3v) is 7.33. The number of quaternary nitrogens is 1. The number of piperidine rings is 2. The Morgan fingerprint density at radius 3 is 2.76 bits per heavy atom. The van der Waals surface area contributed by atoms with Gasteiger partial charge in [-0.2, -0.15) is 0 Å². The Labute approximate surface area is 190 Å². The van der Waals surface area contributed by atoms with E-state index in [1.807, 2.05) is 13.8 Å². The van der Waals surface area contributed by atoms with Crippen LogP contribution in [0.2, 0.25) is 0 Å². The maximum Gasteiger partial charge on any atom is 0.343 e. The van der Waals surface area contributed by atoms with Gasteiger partial charge in [0.2, 0.25) is 0 Å². The Balaban J connectivity index is 1.75. The molecule has 2 saturated heterocycles. The second kappa shape index (κ2) is 8.33. The first-order valence-electron chi connectivity index (χ1n) is 11.9. The molecular weight excluding hydrogens is 422 g/mol. The maximum atomic E-state index is 13.1. The fraction of sp³-hybridized carbons (Fsp3) is 0.480. The summed E-state index contributed by atoms with van der Waals surface area (Å²) >= 11 is 0. The highest BCUT2D eigenvalue weighted by Gasteiger charge is 2.39. The van der Waals surface area contributed by atoms with Crippen molar-refractivity contribution >= 4 is 17.7 Å². The molecule has 2 fully saturated rings. The van der Waals surface area contributed by atoms with Crippen molar-refractivity contribution in [2.24, 2.45) is 0 Å². The number of aromatic nitrogens is 2. The van der Waals surface area contributed by atoms with Gasteiger partial charge in [-0.3, -0.25) is 9.78 Å². The number of unbranched alkanes of at least 4 members (excludes halogenated alkanes) is 1. The first-order chi connectivity index (χ1) is 15.9. The van der Waals surface area contributed by atoms with Crippen molar-refractivity contribution in [1.82, 2.24) is 9.55 Å². The predicted molar refractivity (Wildman–Crippen MR) is 123 cm³/mol. The van der Waals surface area contributed by atoms with Crippen LogP contribution in [-0.4, -0.2) is 28.7 Å². The highest BCUT2D eigenvalue weighted by Crippen LogP contribution is 2.29. The minimum atomic E-state index is -0.791. The molecule has 0 saturated carbocycles. The molecule has 8 nitrogen and oxygen atoms in total. The van der Waals surface area contributed by atoms with Crippen LogP contribution < -0.4 is 37.5 Å². The van der Waals surface area contributed by atoms with Gasteiger partial charge in [0.05, 0.1) is 18.3 Å². The summed E-state index contributed by atoms with van der Waals surface area (Å²) in [5.74, 6) is -0.680. The van der Waals surface area contributed by atoms with Gasteiger partial charge in [0.25, 0.3) is 5.56 Å². The van der Waals surface area contributed by atoms with Gasteiger partial charge in [-0.25, -0.2) is 9.59 Å². The van der Waals surface area contributed by atoms with Crippen molar-refractivity contribution in [3.8, 4) is 5.88 Å². The molecule has 2 aromatic heterocycles. The van der Waals surface area contributed by atoms with Gasteiger partial charge in [0, 0.05) is 36.1 Å². The molecule has 0 aromatic carbocycles. The molecule has 0 amide bonds. The van der Waals surface area contributed by atoms with Crippen molar-refractivity contribution < 1.29 is 14.4 Å². The molecule has 0 radical (unpaired) electrons. The maximum absolute atomic E-state index is 13.1. The average Bonchev–Trinajstić information content (AvgIpc) is 2.79. The SMILES string of the molecule is CCCCn1c([O-])c(C=c2c(C)c3c(oc2=O)=C2CCC[NH+]4CCCC(=C3)C24)c(=O)[nH]c1=O. The molecule has 8 heteroatoms. The molecule has 33 heavy (non-hydrogen) atoms. The number of aromatic amines is 1. The smallest absolute Gasteiger partial charge is 0.343 e. The normalized spacial score (nSPS) is 22.1. The van der Waals surface area contributed by atoms with E-state index in [9.17, 15) is 19.5 Å². The number of rotatable bonds is 4. The van der Waals surface area contributed by atoms with Crippen molar-refractivity contribution in [1.29, 1.82) is 0 Å². The van der Waals surface area contributed by atoms with Gasteiger partial charge in [-0.1, -0.05) is 13.3 Å². The van der Waals surface area contributed by atoms with Crippen LogP contribution in [0, 0.1) is 6.92 Å². The van der Waals surface area contributed by atoms with Gasteiger partial charge < -0.3 is 19.0 Å². The van der Waals surface area contributed by atoms with Crippen LogP contribution >= 0.6 is 0 Å². The lowest BCUT2D eigenvalue weighted by Gasteiger charge is -2.40. The number of H-pyrrole nitrogens is 1. The summed E-state index contributed by atoms with van der Waals surface area (Å²) in [5.41, 5.74) is 2.49. The van der Waals surface area contributed by atoms with E-state index in [1.54, 1.807) is 4.90 Å². The van der Waals surface area contributed by atoms with Gasteiger partial charge >= 0.3 is 11.3 Å². The van der Waals surface area contributed by atoms with Crippen molar-refractivity contribution in [2.45, 2.75) is 65.0 Å². The van der Waals surface area contributed by atoms with Gasteiger partial charge in [-0.05, 0) is 55.4 Å². The molecule has 3 aliphatic rings. The Bertz CT molecular complexity index is 1460. The minimum Gasteiger partial charge on any atom is -0.859 e. The summed E-state index contributed by atoms with van der Waals surface area (Å²) in [7, 11) is 0. The summed E-state index contributed by atoms with van der Waals surface area (Å²) < 4.78 is 6.88. The molecule has 5 rings (SSSR count). The van der Waals surface area contributed by atoms with Crippen LogP contribution in [0.3, 0.4) is 0 Å². The molecular formula is C25H29N3O5. The van der Waals surface area contributed by atoms with E-state index in [1.165, 1.54) is 17.2 Å². The van der Waals surface area contributed by atoms with E-state index in [4.69, 9.17) is 4.42 Å². The van der Waals surface area contributed by atoms with E-state index in [0.717, 1.165) is 55.3 Å². The van der Waals surface area contributed by atoms with E-state index in [2.05, 4.69) is 11.1 Å². The summed E-state index contributed by atoms with van der Waals surface area (Å²) in [6.45, 7) is 6.28. The molecule has 2 aliphatic heterocycles. The van der Waals surface area contributed by atoms with Crippen LogP contribution in [0.5, 0.6) is 5.88 Å². The fourth-order valence-electron chi connectivity index (χ4n) is 5.65. The second-order valence-electron chi connectivity index (χ2n) is 9.34. The standard InChI is InChI=1S/C25H29N3O5/c1-3-4-11-28-23(30)19(22(29)26-25(28)32)13-18-14(2)17-12-15-7-5-9-27-10-6-8-16(20(15)27)21(17)33-24(18)31/h12-13,20,30H,3-11H2,1-2H3,(H,26,29,32). The lowest BCUT2D eigenvalue weighted by atomic mass is 9.80. The first-order valence-corrected chi connectivity index (χ1v) is 11.9. The number of hydrogen-bond acceptors (Lipinski definition) is 5. The molecule has 2 N–H and O–H groups in total. The largest absolute Gasteiger partial charge is 0.859 e. The Morgan fingerprint density at radius 2 is 2.00 bits per heavy atom. The fourth-order valence-corrected chi connectivity index (χ4v) is 5.65. The van der Waals surface area contributed by atoms with E-state index < -0.39 is 22.8 Å². The van der Waals surface area contributed by atoms with Crippen LogP contribution in [0.1, 0.15) is 62.1 Å². The number of hydrogen-bond donors (Lipinski definition) is 2. The van der Waals surface area contributed by atoms with Crippen LogP contribution in [0.25, 0.3) is 17.7 Å². The van der Waals surface area contributed by atoms with Crippen molar-refractivity contribution in [3.63, 3.8) is 0 Å². The quantitative estimate of drug-likeness (QED) is 0.612. The average molecular weight is 452 g/mol. The molecule has 2 aromatic rings. The molecule has 4 heterocycles. The first kappa shape index (κ1) is 21.7. The van der Waals surface area contributed by atoms with Crippen LogP contribution in [0.15, 0.2) is 24.4 Å². The monoisotopic (exact) mass is 451 g/mol.